The first-order chi connectivity index (χ1) is 10.2. The lowest BCUT2D eigenvalue weighted by molar-refractivity contribution is 0.184. The maximum absolute atomic E-state index is 9.94. The molecule has 6 heteroatoms. The molecule has 1 atom stereocenters. The summed E-state index contributed by atoms with van der Waals surface area (Å²) in [7, 11) is 0. The number of nitrogens with one attached hydrogen (secondary N) is 1. The molecule has 0 saturated heterocycles. The lowest BCUT2D eigenvalue weighted by Crippen LogP contribution is -2.34. The number of halogens is 1. The van der Waals surface area contributed by atoms with Crippen LogP contribution in [0.2, 0.25) is 0 Å². The minimum absolute atomic E-state index is 0. The van der Waals surface area contributed by atoms with Gasteiger partial charge in [-0.25, -0.2) is 0 Å². The van der Waals surface area contributed by atoms with Crippen LogP contribution >= 0.6 is 35.3 Å². The van der Waals surface area contributed by atoms with Crippen LogP contribution in [0, 0.1) is 0 Å². The second-order valence-corrected chi connectivity index (χ2v) is 5.86. The number of hydrogen-bond donors (Lipinski definition) is 3. The normalized spacial score (nSPS) is 12.5. The van der Waals surface area contributed by atoms with Crippen molar-refractivity contribution in [2.75, 3.05) is 13.1 Å². The predicted octanol–water partition coefficient (Wildman–Crippen LogP) is 2.42. The fraction of sp³-hybridized carbons (Fsp3) is 0.312. The highest BCUT2D eigenvalue weighted by Crippen LogP contribution is 2.08. The van der Waals surface area contributed by atoms with Crippen LogP contribution in [0.3, 0.4) is 0 Å². The van der Waals surface area contributed by atoms with Gasteiger partial charge in [-0.15, -0.1) is 35.3 Å². The summed E-state index contributed by atoms with van der Waals surface area (Å²) in [5.74, 6) is 0.388. The molecule has 120 valence electrons. The van der Waals surface area contributed by atoms with Gasteiger partial charge in [-0.3, -0.25) is 4.99 Å². The van der Waals surface area contributed by atoms with E-state index < -0.39 is 6.10 Å². The van der Waals surface area contributed by atoms with Crippen molar-refractivity contribution in [3.05, 3.63) is 58.3 Å². The van der Waals surface area contributed by atoms with E-state index in [-0.39, 0.29) is 24.0 Å². The summed E-state index contributed by atoms with van der Waals surface area (Å²) in [6.45, 7) is 1.07. The standard InChI is InChI=1S/C16H21N3OS.HI/c17-16(18-9-8-15-7-4-10-21-15)19-12-14(20)11-13-5-2-1-3-6-13;/h1-7,10,14,20H,8-9,11-12H2,(H3,17,18,19);1H. The van der Waals surface area contributed by atoms with Gasteiger partial charge < -0.3 is 16.2 Å². The van der Waals surface area contributed by atoms with Gasteiger partial charge in [-0.2, -0.15) is 0 Å². The van der Waals surface area contributed by atoms with Crippen LogP contribution in [0.25, 0.3) is 0 Å². The smallest absolute Gasteiger partial charge is 0.188 e. The van der Waals surface area contributed by atoms with E-state index in [1.807, 2.05) is 36.4 Å². The molecule has 0 aliphatic carbocycles. The van der Waals surface area contributed by atoms with Gasteiger partial charge in [0.05, 0.1) is 12.6 Å². The van der Waals surface area contributed by atoms with Gasteiger partial charge in [0.15, 0.2) is 5.96 Å². The van der Waals surface area contributed by atoms with Crippen LogP contribution in [-0.2, 0) is 12.8 Å². The van der Waals surface area contributed by atoms with Gasteiger partial charge in [0.2, 0.25) is 0 Å². The Morgan fingerprint density at radius 2 is 2.00 bits per heavy atom. The zero-order valence-corrected chi connectivity index (χ0v) is 15.5. The van der Waals surface area contributed by atoms with Gasteiger partial charge in [-0.1, -0.05) is 36.4 Å². The molecule has 0 fully saturated rings. The Morgan fingerprint density at radius 3 is 2.68 bits per heavy atom. The molecule has 22 heavy (non-hydrogen) atoms. The number of thiophene rings is 1. The summed E-state index contributed by atoms with van der Waals surface area (Å²) in [5, 5.41) is 15.1. The monoisotopic (exact) mass is 431 g/mol. The van der Waals surface area contributed by atoms with E-state index in [0.717, 1.165) is 18.5 Å². The van der Waals surface area contributed by atoms with Crippen LogP contribution < -0.4 is 11.1 Å². The zero-order chi connectivity index (χ0) is 14.9. The zero-order valence-electron chi connectivity index (χ0n) is 12.3. The van der Waals surface area contributed by atoms with Gasteiger partial charge in [-0.05, 0) is 23.4 Å². The Hall–Kier alpha value is -1.12. The van der Waals surface area contributed by atoms with Crippen LogP contribution in [0.1, 0.15) is 10.4 Å². The van der Waals surface area contributed by atoms with Crippen molar-refractivity contribution in [3.8, 4) is 0 Å². The number of aliphatic hydroxyl groups is 1. The van der Waals surface area contributed by atoms with Crippen LogP contribution in [0.4, 0.5) is 0 Å². The molecular formula is C16H22IN3OS. The molecule has 4 nitrogen and oxygen atoms in total. The van der Waals surface area contributed by atoms with E-state index in [0.29, 0.717) is 18.9 Å². The van der Waals surface area contributed by atoms with E-state index in [9.17, 15) is 5.11 Å². The van der Waals surface area contributed by atoms with E-state index in [1.165, 1.54) is 4.88 Å². The molecular weight excluding hydrogens is 409 g/mol. The largest absolute Gasteiger partial charge is 0.391 e. The molecule has 1 unspecified atom stereocenters. The molecule has 0 saturated carbocycles. The molecule has 0 spiro atoms. The Kier molecular flexibility index (Phi) is 9.10. The number of rotatable bonds is 7. The molecule has 1 aromatic carbocycles. The minimum Gasteiger partial charge on any atom is -0.391 e. The number of benzene rings is 1. The number of hydrogen-bond acceptors (Lipinski definition) is 3. The summed E-state index contributed by atoms with van der Waals surface area (Å²) in [4.78, 5) is 5.49. The van der Waals surface area contributed by atoms with Crippen molar-refractivity contribution in [2.45, 2.75) is 18.9 Å². The lowest BCUT2D eigenvalue weighted by Gasteiger charge is -2.09. The summed E-state index contributed by atoms with van der Waals surface area (Å²) < 4.78 is 0. The Labute approximate surface area is 152 Å². The maximum atomic E-state index is 9.94. The molecule has 0 aliphatic rings. The first kappa shape index (κ1) is 18.9. The highest BCUT2D eigenvalue weighted by atomic mass is 127. The second kappa shape index (κ2) is 10.6. The Morgan fingerprint density at radius 1 is 1.23 bits per heavy atom. The topological polar surface area (TPSA) is 70.6 Å². The third kappa shape index (κ3) is 7.24. The van der Waals surface area contributed by atoms with Crippen LogP contribution in [-0.4, -0.2) is 30.3 Å². The van der Waals surface area contributed by atoms with Gasteiger partial charge in [0, 0.05) is 17.8 Å². The first-order valence-electron chi connectivity index (χ1n) is 7.02. The fourth-order valence-corrected chi connectivity index (χ4v) is 2.69. The van der Waals surface area contributed by atoms with Crippen molar-refractivity contribution >= 4 is 41.3 Å². The molecule has 0 radical (unpaired) electrons. The Balaban J connectivity index is 0.00000242. The fourth-order valence-electron chi connectivity index (χ4n) is 1.98. The molecule has 0 bridgehead atoms. The predicted molar refractivity (Wildman–Crippen MR) is 104 cm³/mol. The minimum atomic E-state index is -0.509. The quantitative estimate of drug-likeness (QED) is 0.358. The highest BCUT2D eigenvalue weighted by molar-refractivity contribution is 14.0. The number of guanidine groups is 1. The summed E-state index contributed by atoms with van der Waals surface area (Å²) in [6, 6.07) is 14.0. The summed E-state index contributed by atoms with van der Waals surface area (Å²) in [6.07, 6.45) is 1.01. The molecule has 2 aromatic rings. The average molecular weight is 431 g/mol. The number of aliphatic imine (C=N–C) groups is 1. The first-order valence-corrected chi connectivity index (χ1v) is 7.90. The van der Waals surface area contributed by atoms with Crippen LogP contribution in [0.5, 0.6) is 0 Å². The van der Waals surface area contributed by atoms with Gasteiger partial charge >= 0.3 is 0 Å². The highest BCUT2D eigenvalue weighted by Gasteiger charge is 2.04. The van der Waals surface area contributed by atoms with E-state index >= 15 is 0 Å². The Bertz CT molecular complexity index is 546. The van der Waals surface area contributed by atoms with Crippen molar-refractivity contribution in [1.29, 1.82) is 0 Å². The van der Waals surface area contributed by atoms with Crippen LogP contribution in [0.15, 0.2) is 52.8 Å². The number of nitrogens with two attached hydrogens (primary N) is 1. The van der Waals surface area contributed by atoms with Crippen molar-refractivity contribution in [3.63, 3.8) is 0 Å². The molecule has 2 rings (SSSR count). The number of aliphatic hydroxyl groups excluding tert-OH is 1. The number of nitrogens with zero attached hydrogens (tertiary/aromatic N) is 1. The average Bonchev–Trinajstić information content (AvgIpc) is 2.99. The van der Waals surface area contributed by atoms with E-state index in [2.05, 4.69) is 21.8 Å². The third-order valence-corrected chi connectivity index (χ3v) is 3.98. The summed E-state index contributed by atoms with van der Waals surface area (Å²) >= 11 is 1.73. The third-order valence-electron chi connectivity index (χ3n) is 3.04. The molecule has 0 aliphatic heterocycles. The SMILES string of the molecule is I.NC(=NCC(O)Cc1ccccc1)NCCc1cccs1. The van der Waals surface area contributed by atoms with Crippen molar-refractivity contribution < 1.29 is 5.11 Å². The second-order valence-electron chi connectivity index (χ2n) is 4.83. The molecule has 0 amide bonds. The van der Waals surface area contributed by atoms with E-state index in [4.69, 9.17) is 5.73 Å². The van der Waals surface area contributed by atoms with Gasteiger partial charge in [0.25, 0.3) is 0 Å². The summed E-state index contributed by atoms with van der Waals surface area (Å²) in [5.41, 5.74) is 6.89. The molecule has 1 aromatic heterocycles. The lowest BCUT2D eigenvalue weighted by atomic mass is 10.1. The molecule has 4 N–H and O–H groups in total. The maximum Gasteiger partial charge on any atom is 0.188 e. The van der Waals surface area contributed by atoms with Crippen molar-refractivity contribution in [1.82, 2.24) is 5.32 Å². The molecule has 1 heterocycles. The van der Waals surface area contributed by atoms with E-state index in [1.54, 1.807) is 11.3 Å². The van der Waals surface area contributed by atoms with Gasteiger partial charge in [0.1, 0.15) is 0 Å². The van der Waals surface area contributed by atoms with Crippen molar-refractivity contribution in [2.24, 2.45) is 10.7 Å².